The summed E-state index contributed by atoms with van der Waals surface area (Å²) in [5, 5.41) is 0. The smallest absolute Gasteiger partial charge is 0.215 e. The van der Waals surface area contributed by atoms with Gasteiger partial charge in [0.15, 0.2) is 10.4 Å². The van der Waals surface area contributed by atoms with Gasteiger partial charge in [-0.2, -0.15) is 4.98 Å². The fourth-order valence-electron chi connectivity index (χ4n) is 2.23. The van der Waals surface area contributed by atoms with Crippen molar-refractivity contribution in [2.24, 2.45) is 5.92 Å². The first-order valence-corrected chi connectivity index (χ1v) is 6.32. The topological polar surface area (TPSA) is 42.8 Å². The van der Waals surface area contributed by atoms with Gasteiger partial charge in [-0.3, -0.25) is 0 Å². The van der Waals surface area contributed by atoms with E-state index in [1.165, 1.54) is 19.3 Å². The number of hydrogen-bond donors (Lipinski definition) is 1. The number of rotatable bonds is 3. The van der Waals surface area contributed by atoms with Crippen molar-refractivity contribution in [1.82, 2.24) is 14.5 Å². The fraction of sp³-hybridized carbons (Fsp3) is 0.500. The summed E-state index contributed by atoms with van der Waals surface area (Å²) in [6.45, 7) is 0.971. The monoisotopic (exact) mass is 249 g/mol. The molecule has 0 aromatic carbocycles. The molecule has 0 spiro atoms. The predicted molar refractivity (Wildman–Crippen MR) is 68.8 cm³/mol. The van der Waals surface area contributed by atoms with Crippen molar-refractivity contribution in [2.75, 3.05) is 7.11 Å². The highest BCUT2D eigenvalue weighted by molar-refractivity contribution is 7.71. The molecule has 2 heterocycles. The van der Waals surface area contributed by atoms with Crippen LogP contribution in [0.5, 0.6) is 5.88 Å². The van der Waals surface area contributed by atoms with Crippen molar-refractivity contribution in [2.45, 2.75) is 25.8 Å². The van der Waals surface area contributed by atoms with E-state index in [9.17, 15) is 0 Å². The third kappa shape index (κ3) is 1.84. The summed E-state index contributed by atoms with van der Waals surface area (Å²) in [4.78, 5) is 7.66. The van der Waals surface area contributed by atoms with E-state index in [0.717, 1.165) is 28.4 Å². The number of nitrogens with zero attached hydrogens (tertiary/aromatic N) is 2. The number of aromatic nitrogens is 3. The minimum Gasteiger partial charge on any atom is -0.481 e. The minimum atomic E-state index is 0.633. The zero-order valence-electron chi connectivity index (χ0n) is 9.77. The molecule has 1 saturated carbocycles. The maximum absolute atomic E-state index is 5.35. The van der Waals surface area contributed by atoms with Crippen LogP contribution >= 0.6 is 12.2 Å². The van der Waals surface area contributed by atoms with Gasteiger partial charge in [0.05, 0.1) is 12.6 Å². The van der Waals surface area contributed by atoms with Gasteiger partial charge in [0.1, 0.15) is 0 Å². The molecular weight excluding hydrogens is 234 g/mol. The normalized spacial score (nSPS) is 16.1. The average Bonchev–Trinajstić information content (AvgIpc) is 2.58. The Kier molecular flexibility index (Phi) is 2.63. The van der Waals surface area contributed by atoms with Crippen molar-refractivity contribution < 1.29 is 4.74 Å². The van der Waals surface area contributed by atoms with E-state index in [-0.39, 0.29) is 0 Å². The van der Waals surface area contributed by atoms with Crippen LogP contribution in [0, 0.1) is 10.7 Å². The summed E-state index contributed by atoms with van der Waals surface area (Å²) in [6.07, 6.45) is 3.95. The van der Waals surface area contributed by atoms with Crippen LogP contribution in [0.15, 0.2) is 12.1 Å². The summed E-state index contributed by atoms with van der Waals surface area (Å²) in [7, 11) is 1.63. The number of hydrogen-bond acceptors (Lipinski definition) is 3. The third-order valence-electron chi connectivity index (χ3n) is 3.47. The van der Waals surface area contributed by atoms with E-state index < -0.39 is 0 Å². The molecule has 5 heteroatoms. The van der Waals surface area contributed by atoms with Gasteiger partial charge in [0.25, 0.3) is 0 Å². The Morgan fingerprint density at radius 2 is 2.35 bits per heavy atom. The third-order valence-corrected chi connectivity index (χ3v) is 3.79. The second-order valence-electron chi connectivity index (χ2n) is 4.56. The summed E-state index contributed by atoms with van der Waals surface area (Å²) in [5.74, 6) is 1.39. The van der Waals surface area contributed by atoms with Gasteiger partial charge in [-0.05, 0) is 37.0 Å². The Morgan fingerprint density at radius 1 is 1.53 bits per heavy atom. The SMILES string of the molecule is COc1ccc2[nH]c(=S)n(CC3CCC3)c2n1. The van der Waals surface area contributed by atoms with Crippen LogP contribution in [-0.4, -0.2) is 21.6 Å². The van der Waals surface area contributed by atoms with Crippen LogP contribution in [0.2, 0.25) is 0 Å². The maximum Gasteiger partial charge on any atom is 0.215 e. The van der Waals surface area contributed by atoms with Gasteiger partial charge in [-0.15, -0.1) is 0 Å². The lowest BCUT2D eigenvalue weighted by Crippen LogP contribution is -2.18. The number of aromatic amines is 1. The lowest BCUT2D eigenvalue weighted by molar-refractivity contribution is 0.277. The van der Waals surface area contributed by atoms with E-state index in [1.807, 2.05) is 12.1 Å². The van der Waals surface area contributed by atoms with Crippen LogP contribution in [0.1, 0.15) is 19.3 Å². The van der Waals surface area contributed by atoms with E-state index in [0.29, 0.717) is 5.88 Å². The van der Waals surface area contributed by atoms with E-state index in [1.54, 1.807) is 7.11 Å². The number of ether oxygens (including phenoxy) is 1. The summed E-state index contributed by atoms with van der Waals surface area (Å²) < 4.78 is 8.01. The van der Waals surface area contributed by atoms with Crippen molar-refractivity contribution >= 4 is 23.4 Å². The van der Waals surface area contributed by atoms with Gasteiger partial charge >= 0.3 is 0 Å². The lowest BCUT2D eigenvalue weighted by Gasteiger charge is -2.25. The number of pyridine rings is 1. The van der Waals surface area contributed by atoms with Gasteiger partial charge in [-0.1, -0.05) is 6.42 Å². The molecule has 0 unspecified atom stereocenters. The van der Waals surface area contributed by atoms with Crippen molar-refractivity contribution in [3.63, 3.8) is 0 Å². The van der Waals surface area contributed by atoms with Gasteiger partial charge in [-0.25, -0.2) is 0 Å². The minimum absolute atomic E-state index is 0.633. The molecule has 1 fully saturated rings. The van der Waals surface area contributed by atoms with Gasteiger partial charge in [0.2, 0.25) is 5.88 Å². The second-order valence-corrected chi connectivity index (χ2v) is 4.95. The van der Waals surface area contributed by atoms with Gasteiger partial charge < -0.3 is 14.3 Å². The van der Waals surface area contributed by atoms with Crippen LogP contribution in [0.4, 0.5) is 0 Å². The Bertz CT molecular complexity index is 597. The maximum atomic E-state index is 5.35. The largest absolute Gasteiger partial charge is 0.481 e. The fourth-order valence-corrected chi connectivity index (χ4v) is 2.50. The van der Waals surface area contributed by atoms with Crippen LogP contribution in [0.3, 0.4) is 0 Å². The average molecular weight is 249 g/mol. The van der Waals surface area contributed by atoms with Crippen molar-refractivity contribution in [3.05, 3.63) is 16.9 Å². The first kappa shape index (κ1) is 10.8. The molecule has 0 radical (unpaired) electrons. The van der Waals surface area contributed by atoms with Crippen LogP contribution < -0.4 is 4.74 Å². The zero-order valence-corrected chi connectivity index (χ0v) is 10.6. The van der Waals surface area contributed by atoms with E-state index >= 15 is 0 Å². The number of imidazole rings is 1. The Morgan fingerprint density at radius 3 is 3.00 bits per heavy atom. The lowest BCUT2D eigenvalue weighted by atomic mass is 9.85. The predicted octanol–water partition coefficient (Wildman–Crippen LogP) is 2.90. The van der Waals surface area contributed by atoms with Gasteiger partial charge in [0, 0.05) is 12.6 Å². The van der Waals surface area contributed by atoms with Crippen LogP contribution in [-0.2, 0) is 6.54 Å². The number of nitrogens with one attached hydrogen (secondary N) is 1. The number of methoxy groups -OCH3 is 1. The van der Waals surface area contributed by atoms with Crippen molar-refractivity contribution in [1.29, 1.82) is 0 Å². The molecule has 2 aromatic rings. The highest BCUT2D eigenvalue weighted by atomic mass is 32.1. The molecule has 1 aliphatic rings. The molecule has 1 N–H and O–H groups in total. The van der Waals surface area contributed by atoms with E-state index in [4.69, 9.17) is 17.0 Å². The second kappa shape index (κ2) is 4.14. The van der Waals surface area contributed by atoms with Crippen molar-refractivity contribution in [3.8, 4) is 5.88 Å². The molecule has 1 aliphatic carbocycles. The molecule has 3 rings (SSSR count). The highest BCUT2D eigenvalue weighted by Gasteiger charge is 2.19. The summed E-state index contributed by atoms with van der Waals surface area (Å²) >= 11 is 5.35. The standard InChI is InChI=1S/C12H15N3OS/c1-16-10-6-5-9-11(14-10)15(12(17)13-9)7-8-3-2-4-8/h5-6,8H,2-4,7H2,1H3,(H,13,17). The Hall–Kier alpha value is -1.36. The first-order chi connectivity index (χ1) is 8.28. The molecule has 0 aliphatic heterocycles. The molecule has 0 amide bonds. The molecule has 17 heavy (non-hydrogen) atoms. The molecule has 90 valence electrons. The molecule has 0 atom stereocenters. The quantitative estimate of drug-likeness (QED) is 0.850. The molecule has 0 bridgehead atoms. The molecule has 0 saturated heterocycles. The Labute approximate surface area is 105 Å². The Balaban J connectivity index is 2.07. The molecule has 4 nitrogen and oxygen atoms in total. The highest BCUT2D eigenvalue weighted by Crippen LogP contribution is 2.29. The number of H-pyrrole nitrogens is 1. The first-order valence-electron chi connectivity index (χ1n) is 5.91. The summed E-state index contributed by atoms with van der Waals surface area (Å²) in [6, 6.07) is 3.82. The summed E-state index contributed by atoms with van der Waals surface area (Å²) in [5.41, 5.74) is 1.89. The van der Waals surface area contributed by atoms with Crippen LogP contribution in [0.25, 0.3) is 11.2 Å². The van der Waals surface area contributed by atoms with E-state index in [2.05, 4.69) is 14.5 Å². The zero-order chi connectivity index (χ0) is 11.8. The molecule has 2 aromatic heterocycles. The molecular formula is C12H15N3OS. The number of fused-ring (bicyclic) bond motifs is 1.